The van der Waals surface area contributed by atoms with Gasteiger partial charge in [0.25, 0.3) is 0 Å². The molecular weight excluding hydrogens is 589 g/mol. The van der Waals surface area contributed by atoms with Crippen molar-refractivity contribution < 1.29 is 23.1 Å². The van der Waals surface area contributed by atoms with E-state index in [9.17, 15) is 27.9 Å². The van der Waals surface area contributed by atoms with Crippen LogP contribution in [0.4, 0.5) is 13.2 Å². The molecule has 3 aromatic heterocycles. The van der Waals surface area contributed by atoms with Gasteiger partial charge in [0.1, 0.15) is 12.9 Å². The quantitative estimate of drug-likeness (QED) is 0.250. The summed E-state index contributed by atoms with van der Waals surface area (Å²) in [6.45, 7) is -1.39. The fraction of sp³-hybridized carbons (Fsp3) is 0.179. The highest BCUT2D eigenvalue weighted by Gasteiger charge is 2.39. The predicted octanol–water partition coefficient (Wildman–Crippen LogP) is 3.61. The first-order valence-electron chi connectivity index (χ1n) is 12.6. The van der Waals surface area contributed by atoms with Gasteiger partial charge < -0.3 is 5.11 Å². The van der Waals surface area contributed by atoms with E-state index < -0.39 is 24.5 Å². The van der Waals surface area contributed by atoms with Gasteiger partial charge in [-0.2, -0.15) is 18.4 Å². The Hall–Kier alpha value is -5.13. The smallest absolute Gasteiger partial charge is 0.382 e. The summed E-state index contributed by atoms with van der Waals surface area (Å²) >= 11 is 5.93. The topological polar surface area (TPSA) is 145 Å². The molecule has 43 heavy (non-hydrogen) atoms. The molecular formula is C28H20ClF3N8O3. The molecule has 0 saturated carbocycles. The van der Waals surface area contributed by atoms with Gasteiger partial charge in [0.05, 0.1) is 36.0 Å². The number of benzene rings is 2. The Morgan fingerprint density at radius 2 is 1.84 bits per heavy atom. The van der Waals surface area contributed by atoms with Crippen LogP contribution in [0.3, 0.4) is 0 Å². The van der Waals surface area contributed by atoms with Crippen molar-refractivity contribution in [2.24, 2.45) is 0 Å². The van der Waals surface area contributed by atoms with Gasteiger partial charge in [-0.3, -0.25) is 14.3 Å². The average molecular weight is 609 g/mol. The van der Waals surface area contributed by atoms with Gasteiger partial charge in [0.15, 0.2) is 23.5 Å². The molecule has 0 spiro atoms. The highest BCUT2D eigenvalue weighted by Crippen LogP contribution is 2.24. The Labute approximate surface area is 246 Å². The van der Waals surface area contributed by atoms with Crippen molar-refractivity contribution in [2.45, 2.75) is 31.8 Å². The lowest BCUT2D eigenvalue weighted by Gasteiger charge is -2.15. The summed E-state index contributed by atoms with van der Waals surface area (Å²) in [7, 11) is 0. The summed E-state index contributed by atoms with van der Waals surface area (Å²) < 4.78 is 42.4. The van der Waals surface area contributed by atoms with E-state index in [0.717, 1.165) is 9.25 Å². The Kier molecular flexibility index (Phi) is 8.20. The van der Waals surface area contributed by atoms with Crippen LogP contribution in [0.5, 0.6) is 0 Å². The lowest BCUT2D eigenvalue weighted by atomic mass is 10.0. The number of rotatable bonds is 9. The van der Waals surface area contributed by atoms with Gasteiger partial charge >= 0.3 is 11.9 Å². The zero-order chi connectivity index (χ0) is 30.7. The fourth-order valence-electron chi connectivity index (χ4n) is 4.21. The van der Waals surface area contributed by atoms with Gasteiger partial charge in [-0.05, 0) is 48.5 Å². The van der Waals surface area contributed by atoms with Crippen LogP contribution in [0, 0.1) is 11.3 Å². The van der Waals surface area contributed by atoms with Crippen molar-refractivity contribution in [3.8, 4) is 23.1 Å². The van der Waals surface area contributed by atoms with Crippen molar-refractivity contribution >= 4 is 17.4 Å². The minimum absolute atomic E-state index is 0.0913. The van der Waals surface area contributed by atoms with Crippen LogP contribution in [-0.4, -0.2) is 57.3 Å². The van der Waals surface area contributed by atoms with E-state index in [-0.39, 0.29) is 30.4 Å². The first kappa shape index (κ1) is 29.4. The van der Waals surface area contributed by atoms with Crippen molar-refractivity contribution in [1.82, 2.24) is 34.1 Å². The van der Waals surface area contributed by atoms with Gasteiger partial charge in [0, 0.05) is 22.3 Å². The first-order chi connectivity index (χ1) is 20.5. The number of halogens is 4. The van der Waals surface area contributed by atoms with E-state index in [4.69, 9.17) is 16.9 Å². The summed E-state index contributed by atoms with van der Waals surface area (Å²) in [5.41, 5.74) is 0.878. The van der Waals surface area contributed by atoms with Crippen LogP contribution >= 0.6 is 11.6 Å². The van der Waals surface area contributed by atoms with Gasteiger partial charge in [-0.1, -0.05) is 23.7 Å². The van der Waals surface area contributed by atoms with Crippen molar-refractivity contribution in [3.63, 3.8) is 0 Å². The number of ketones is 1. The lowest BCUT2D eigenvalue weighted by molar-refractivity contribution is -0.207. The number of alkyl halides is 3. The molecule has 218 valence electrons. The SMILES string of the molecule is N#Cc1cccc(C(=O)Cc2ncccc2-n2cnc(Cn3nc(-c4ccc(Cl)cc4)n(C[C@H](O)C(F)(F)F)c3=O)n2)c1. The first-order valence-corrected chi connectivity index (χ1v) is 13.0. The van der Waals surface area contributed by atoms with E-state index in [1.54, 1.807) is 30.3 Å². The number of carbonyl (C=O) groups is 1. The highest BCUT2D eigenvalue weighted by molar-refractivity contribution is 6.30. The Balaban J connectivity index is 1.43. The summed E-state index contributed by atoms with van der Waals surface area (Å²) in [4.78, 5) is 34.6. The Bertz CT molecular complexity index is 1890. The lowest BCUT2D eigenvalue weighted by Crippen LogP contribution is -2.37. The van der Waals surface area contributed by atoms with E-state index >= 15 is 0 Å². The normalized spacial score (nSPS) is 12.2. The molecule has 0 aliphatic heterocycles. The van der Waals surface area contributed by atoms with Gasteiger partial charge in [0.2, 0.25) is 0 Å². The molecule has 3 heterocycles. The number of nitrogens with zero attached hydrogens (tertiary/aromatic N) is 8. The molecule has 0 saturated heterocycles. The molecule has 11 nitrogen and oxygen atoms in total. The third-order valence-corrected chi connectivity index (χ3v) is 6.60. The molecule has 2 aromatic carbocycles. The maximum absolute atomic E-state index is 13.2. The largest absolute Gasteiger partial charge is 0.416 e. The Morgan fingerprint density at radius 1 is 1.07 bits per heavy atom. The second-order valence-electron chi connectivity index (χ2n) is 9.31. The van der Waals surface area contributed by atoms with Crippen molar-refractivity contribution in [3.05, 3.63) is 111 Å². The second kappa shape index (κ2) is 12.0. The Morgan fingerprint density at radius 3 is 2.56 bits per heavy atom. The number of aliphatic hydroxyl groups excluding tert-OH is 1. The number of pyridine rings is 1. The summed E-state index contributed by atoms with van der Waals surface area (Å²) in [5.74, 6) is -0.295. The second-order valence-corrected chi connectivity index (χ2v) is 9.74. The number of aliphatic hydroxyl groups is 1. The highest BCUT2D eigenvalue weighted by atomic mass is 35.5. The average Bonchev–Trinajstić information content (AvgIpc) is 3.58. The number of hydrogen-bond acceptors (Lipinski definition) is 8. The molecule has 1 N–H and O–H groups in total. The molecule has 0 unspecified atom stereocenters. The number of carbonyl (C=O) groups excluding carboxylic acids is 1. The van der Waals surface area contributed by atoms with Crippen molar-refractivity contribution in [2.75, 3.05) is 0 Å². The van der Waals surface area contributed by atoms with Gasteiger partial charge in [-0.25, -0.2) is 19.1 Å². The molecule has 0 bridgehead atoms. The van der Waals surface area contributed by atoms with Crippen LogP contribution in [-0.2, 0) is 19.5 Å². The molecule has 5 aromatic rings. The minimum atomic E-state index is -4.96. The third-order valence-electron chi connectivity index (χ3n) is 6.34. The third kappa shape index (κ3) is 6.53. The van der Waals surface area contributed by atoms with E-state index in [2.05, 4.69) is 20.2 Å². The van der Waals surface area contributed by atoms with E-state index in [0.29, 0.717) is 33.1 Å². The maximum Gasteiger partial charge on any atom is 0.416 e. The predicted molar refractivity (Wildman–Crippen MR) is 146 cm³/mol. The molecule has 0 aliphatic carbocycles. The number of nitriles is 1. The maximum atomic E-state index is 13.2. The monoisotopic (exact) mass is 608 g/mol. The van der Waals surface area contributed by atoms with Gasteiger partial charge in [-0.15, -0.1) is 10.2 Å². The number of hydrogen-bond donors (Lipinski definition) is 1. The molecule has 0 fully saturated rings. The summed E-state index contributed by atoms with van der Waals surface area (Å²) in [6.07, 6.45) is -5.02. The standard InChI is InChI=1S/C28H20ClF3N8O3/c29-20-8-6-18(7-9-20)26-37-39(27(43)38(26)14-24(42)28(30,31)32)15-25-35-16-40(36-25)22-5-2-10-34-21(22)12-23(41)19-4-1-3-17(11-19)13-33/h1-11,16,24,42H,12,14-15H2/t24-/m0/s1. The van der Waals surface area contributed by atoms with Crippen molar-refractivity contribution in [1.29, 1.82) is 5.26 Å². The molecule has 0 amide bonds. The van der Waals surface area contributed by atoms with Crippen LogP contribution in [0.15, 0.2) is 78.0 Å². The molecule has 0 radical (unpaired) electrons. The summed E-state index contributed by atoms with van der Waals surface area (Å²) in [5, 5.41) is 27.7. The zero-order valence-electron chi connectivity index (χ0n) is 22.0. The number of Topliss-reactive ketones (excluding diaryl/α,β-unsaturated/α-hetero) is 1. The van der Waals surface area contributed by atoms with Crippen LogP contribution < -0.4 is 5.69 Å². The number of aromatic nitrogens is 7. The molecule has 5 rings (SSSR count). The molecule has 15 heteroatoms. The minimum Gasteiger partial charge on any atom is -0.382 e. The van der Waals surface area contributed by atoms with E-state index in [1.807, 2.05) is 6.07 Å². The van der Waals surface area contributed by atoms with Crippen LogP contribution in [0.25, 0.3) is 17.1 Å². The zero-order valence-corrected chi connectivity index (χ0v) is 22.7. The van der Waals surface area contributed by atoms with Crippen LogP contribution in [0.2, 0.25) is 5.02 Å². The van der Waals surface area contributed by atoms with Crippen LogP contribution in [0.1, 0.15) is 27.4 Å². The summed E-state index contributed by atoms with van der Waals surface area (Å²) in [6, 6.07) is 17.5. The fourth-order valence-corrected chi connectivity index (χ4v) is 4.33. The molecule has 0 aliphatic rings. The van der Waals surface area contributed by atoms with E-state index in [1.165, 1.54) is 47.5 Å². The molecule has 1 atom stereocenters.